The van der Waals surface area contributed by atoms with Gasteiger partial charge in [-0.25, -0.2) is 4.79 Å². The summed E-state index contributed by atoms with van der Waals surface area (Å²) in [6.45, 7) is 0.335. The quantitative estimate of drug-likeness (QED) is 0.947. The van der Waals surface area contributed by atoms with Gasteiger partial charge in [0.25, 0.3) is 5.56 Å². The Morgan fingerprint density at radius 1 is 1.22 bits per heavy atom. The highest BCUT2D eigenvalue weighted by atomic mass is 79.9. The molecule has 1 heterocycles. The zero-order valence-corrected chi connectivity index (χ0v) is 10.9. The minimum absolute atomic E-state index is 0.218. The molecule has 0 aliphatic rings. The van der Waals surface area contributed by atoms with E-state index in [-0.39, 0.29) is 5.56 Å². The summed E-state index contributed by atoms with van der Waals surface area (Å²) in [6.07, 6.45) is 1.58. The Morgan fingerprint density at radius 3 is 2.61 bits per heavy atom. The molecular formula is C13H10BrNO3. The summed E-state index contributed by atoms with van der Waals surface area (Å²) in [5.41, 5.74) is 0.201. The van der Waals surface area contributed by atoms with Crippen LogP contribution in [0.3, 0.4) is 0 Å². The van der Waals surface area contributed by atoms with E-state index >= 15 is 0 Å². The van der Waals surface area contributed by atoms with Crippen LogP contribution in [0.1, 0.15) is 15.9 Å². The van der Waals surface area contributed by atoms with Gasteiger partial charge >= 0.3 is 5.97 Å². The van der Waals surface area contributed by atoms with Crippen molar-refractivity contribution in [3.05, 3.63) is 68.5 Å². The van der Waals surface area contributed by atoms with Crippen molar-refractivity contribution in [2.24, 2.45) is 0 Å². The third-order valence-electron chi connectivity index (χ3n) is 2.55. The van der Waals surface area contributed by atoms with Crippen molar-refractivity contribution in [2.75, 3.05) is 0 Å². The highest BCUT2D eigenvalue weighted by Crippen LogP contribution is 2.16. The number of pyridine rings is 1. The molecule has 0 radical (unpaired) electrons. The van der Waals surface area contributed by atoms with E-state index in [2.05, 4.69) is 15.9 Å². The largest absolute Gasteiger partial charge is 0.477 e. The predicted octanol–water partition coefficient (Wildman–Crippen LogP) is 2.36. The molecule has 5 heteroatoms. The summed E-state index contributed by atoms with van der Waals surface area (Å²) in [7, 11) is 0. The number of aromatic carboxylic acids is 1. The SMILES string of the molecule is O=C(O)c1cccn(Cc2ccccc2Br)c1=O. The second kappa shape index (κ2) is 5.18. The molecule has 0 aliphatic heterocycles. The zero-order chi connectivity index (χ0) is 13.1. The van der Waals surface area contributed by atoms with Gasteiger partial charge in [0.1, 0.15) is 5.56 Å². The molecule has 0 unspecified atom stereocenters. The molecular weight excluding hydrogens is 298 g/mol. The Kier molecular flexibility index (Phi) is 3.62. The van der Waals surface area contributed by atoms with Crippen molar-refractivity contribution in [1.82, 2.24) is 4.57 Å². The summed E-state index contributed by atoms with van der Waals surface area (Å²) in [5, 5.41) is 8.89. The Balaban J connectivity index is 2.42. The van der Waals surface area contributed by atoms with Crippen LogP contribution in [-0.2, 0) is 6.54 Å². The van der Waals surface area contributed by atoms with Crippen molar-refractivity contribution in [1.29, 1.82) is 0 Å². The fourth-order valence-electron chi connectivity index (χ4n) is 1.63. The topological polar surface area (TPSA) is 59.3 Å². The van der Waals surface area contributed by atoms with Crippen LogP contribution in [0.25, 0.3) is 0 Å². The molecule has 92 valence electrons. The van der Waals surface area contributed by atoms with Gasteiger partial charge in [0, 0.05) is 10.7 Å². The molecule has 1 N–H and O–H groups in total. The average molecular weight is 308 g/mol. The van der Waals surface area contributed by atoms with Gasteiger partial charge in [0.05, 0.1) is 6.54 Å². The molecule has 0 bridgehead atoms. The number of halogens is 1. The van der Waals surface area contributed by atoms with E-state index in [1.165, 1.54) is 10.6 Å². The first-order valence-electron chi connectivity index (χ1n) is 5.26. The molecule has 0 saturated carbocycles. The first-order valence-corrected chi connectivity index (χ1v) is 6.05. The number of carboxylic acid groups (broad SMARTS) is 1. The number of nitrogens with zero attached hydrogens (tertiary/aromatic N) is 1. The van der Waals surface area contributed by atoms with Crippen LogP contribution in [0, 0.1) is 0 Å². The number of benzene rings is 1. The van der Waals surface area contributed by atoms with Gasteiger partial charge in [0.2, 0.25) is 0 Å². The highest BCUT2D eigenvalue weighted by Gasteiger charge is 2.10. The minimum atomic E-state index is -1.21. The van der Waals surface area contributed by atoms with E-state index in [1.807, 2.05) is 24.3 Å². The third kappa shape index (κ3) is 2.51. The van der Waals surface area contributed by atoms with E-state index in [4.69, 9.17) is 5.11 Å². The fourth-order valence-corrected chi connectivity index (χ4v) is 2.04. The van der Waals surface area contributed by atoms with Gasteiger partial charge < -0.3 is 9.67 Å². The van der Waals surface area contributed by atoms with Gasteiger partial charge in [-0.2, -0.15) is 0 Å². The number of hydrogen-bond acceptors (Lipinski definition) is 2. The van der Waals surface area contributed by atoms with E-state index in [1.54, 1.807) is 12.3 Å². The smallest absolute Gasteiger partial charge is 0.341 e. The number of carbonyl (C=O) groups is 1. The van der Waals surface area contributed by atoms with Crippen molar-refractivity contribution in [3.8, 4) is 0 Å². The van der Waals surface area contributed by atoms with Crippen molar-refractivity contribution in [3.63, 3.8) is 0 Å². The summed E-state index contributed by atoms with van der Waals surface area (Å²) in [4.78, 5) is 22.8. The second-order valence-electron chi connectivity index (χ2n) is 3.75. The average Bonchev–Trinajstić information content (AvgIpc) is 2.34. The summed E-state index contributed by atoms with van der Waals surface area (Å²) < 4.78 is 2.27. The normalized spacial score (nSPS) is 10.3. The third-order valence-corrected chi connectivity index (χ3v) is 3.32. The summed E-state index contributed by atoms with van der Waals surface area (Å²) >= 11 is 3.39. The highest BCUT2D eigenvalue weighted by molar-refractivity contribution is 9.10. The maximum Gasteiger partial charge on any atom is 0.341 e. The molecule has 1 aromatic heterocycles. The molecule has 0 spiro atoms. The molecule has 0 amide bonds. The molecule has 0 fully saturated rings. The second-order valence-corrected chi connectivity index (χ2v) is 4.61. The van der Waals surface area contributed by atoms with Crippen LogP contribution in [0.2, 0.25) is 0 Å². The Morgan fingerprint density at radius 2 is 1.94 bits per heavy atom. The lowest BCUT2D eigenvalue weighted by Gasteiger charge is -2.08. The van der Waals surface area contributed by atoms with E-state index in [0.717, 1.165) is 10.0 Å². The lowest BCUT2D eigenvalue weighted by atomic mass is 10.2. The maximum absolute atomic E-state index is 11.9. The van der Waals surface area contributed by atoms with Crippen LogP contribution < -0.4 is 5.56 Å². The molecule has 1 aromatic carbocycles. The lowest BCUT2D eigenvalue weighted by molar-refractivity contribution is 0.0694. The lowest BCUT2D eigenvalue weighted by Crippen LogP contribution is -2.26. The fraction of sp³-hybridized carbons (Fsp3) is 0.0769. The molecule has 0 atom stereocenters. The number of carboxylic acids is 1. The maximum atomic E-state index is 11.9. The Labute approximate surface area is 112 Å². The van der Waals surface area contributed by atoms with Crippen molar-refractivity contribution < 1.29 is 9.90 Å². The Bertz CT molecular complexity index is 649. The van der Waals surface area contributed by atoms with Crippen molar-refractivity contribution in [2.45, 2.75) is 6.54 Å². The molecule has 0 saturated heterocycles. The standard InChI is InChI=1S/C13H10BrNO3/c14-11-6-2-1-4-9(11)8-15-7-3-5-10(12(15)16)13(17)18/h1-7H,8H2,(H,17,18). The minimum Gasteiger partial charge on any atom is -0.477 e. The van der Waals surface area contributed by atoms with Gasteiger partial charge in [-0.1, -0.05) is 34.1 Å². The monoisotopic (exact) mass is 307 g/mol. The van der Waals surface area contributed by atoms with Crippen molar-refractivity contribution >= 4 is 21.9 Å². The zero-order valence-electron chi connectivity index (χ0n) is 9.34. The first kappa shape index (κ1) is 12.6. The number of rotatable bonds is 3. The van der Waals surface area contributed by atoms with Gasteiger partial charge in [-0.15, -0.1) is 0 Å². The summed E-state index contributed by atoms with van der Waals surface area (Å²) in [5.74, 6) is -1.21. The van der Waals surface area contributed by atoms with Gasteiger partial charge in [0.15, 0.2) is 0 Å². The summed E-state index contributed by atoms with van der Waals surface area (Å²) in [6, 6.07) is 10.4. The number of hydrogen-bond donors (Lipinski definition) is 1. The van der Waals surface area contributed by atoms with Crippen LogP contribution >= 0.6 is 15.9 Å². The number of aromatic nitrogens is 1. The molecule has 4 nitrogen and oxygen atoms in total. The molecule has 18 heavy (non-hydrogen) atoms. The van der Waals surface area contributed by atoms with E-state index in [9.17, 15) is 9.59 Å². The molecule has 2 aromatic rings. The van der Waals surface area contributed by atoms with E-state index < -0.39 is 11.5 Å². The van der Waals surface area contributed by atoms with Gasteiger partial charge in [-0.3, -0.25) is 4.79 Å². The molecule has 2 rings (SSSR count). The molecule has 0 aliphatic carbocycles. The van der Waals surface area contributed by atoms with Crippen LogP contribution in [0.15, 0.2) is 51.9 Å². The Hall–Kier alpha value is -1.88. The van der Waals surface area contributed by atoms with Crippen LogP contribution in [-0.4, -0.2) is 15.6 Å². The predicted molar refractivity (Wildman–Crippen MR) is 70.9 cm³/mol. The van der Waals surface area contributed by atoms with Gasteiger partial charge in [-0.05, 0) is 23.8 Å². The van der Waals surface area contributed by atoms with Crippen LogP contribution in [0.4, 0.5) is 0 Å². The first-order chi connectivity index (χ1) is 8.59. The van der Waals surface area contributed by atoms with E-state index in [0.29, 0.717) is 6.54 Å². The van der Waals surface area contributed by atoms with Crippen LogP contribution in [0.5, 0.6) is 0 Å².